The van der Waals surface area contributed by atoms with Crippen molar-refractivity contribution in [3.05, 3.63) is 62.7 Å². The van der Waals surface area contributed by atoms with Gasteiger partial charge >= 0.3 is 0 Å². The van der Waals surface area contributed by atoms with Gasteiger partial charge in [0.25, 0.3) is 5.69 Å². The Bertz CT molecular complexity index is 855. The fourth-order valence-corrected chi connectivity index (χ4v) is 2.54. The fraction of sp³-hybridized carbons (Fsp3) is 0.167. The van der Waals surface area contributed by atoms with E-state index < -0.39 is 4.92 Å². The summed E-state index contributed by atoms with van der Waals surface area (Å²) in [5.74, 6) is 0.902. The van der Waals surface area contributed by atoms with E-state index in [2.05, 4.69) is 6.07 Å². The first kappa shape index (κ1) is 18.3. The normalized spacial score (nSPS) is 10.9. The first-order valence-electron chi connectivity index (χ1n) is 7.37. The molecule has 0 fully saturated rings. The summed E-state index contributed by atoms with van der Waals surface area (Å²) in [6.07, 6.45) is 1.63. The molecule has 0 amide bonds. The van der Waals surface area contributed by atoms with Gasteiger partial charge in [0.15, 0.2) is 11.5 Å². The van der Waals surface area contributed by atoms with Crippen LogP contribution < -0.4 is 9.47 Å². The Morgan fingerprint density at radius 1 is 1.36 bits per heavy atom. The summed E-state index contributed by atoms with van der Waals surface area (Å²) in [6.45, 7) is 2.28. The van der Waals surface area contributed by atoms with E-state index in [0.29, 0.717) is 39.8 Å². The minimum Gasteiger partial charge on any atom is -0.491 e. The average molecular weight is 359 g/mol. The molecule has 0 heterocycles. The number of ether oxygens (including phenoxy) is 2. The monoisotopic (exact) mass is 358 g/mol. The summed E-state index contributed by atoms with van der Waals surface area (Å²) in [7, 11) is 1.50. The highest BCUT2D eigenvalue weighted by molar-refractivity contribution is 6.32. The third kappa shape index (κ3) is 4.28. The summed E-state index contributed by atoms with van der Waals surface area (Å²) in [6, 6.07) is 11.2. The van der Waals surface area contributed by atoms with Crippen LogP contribution in [0.4, 0.5) is 5.69 Å². The van der Waals surface area contributed by atoms with Gasteiger partial charge in [0, 0.05) is 12.1 Å². The lowest BCUT2D eigenvalue weighted by Gasteiger charge is -2.12. The number of allylic oxidation sites excluding steroid dienone is 1. The van der Waals surface area contributed by atoms with E-state index in [1.807, 2.05) is 6.92 Å². The molecular weight excluding hydrogens is 344 g/mol. The molecule has 2 rings (SSSR count). The van der Waals surface area contributed by atoms with Gasteiger partial charge in [-0.2, -0.15) is 5.26 Å². The van der Waals surface area contributed by atoms with Gasteiger partial charge in [-0.05, 0) is 48.4 Å². The molecule has 0 aliphatic rings. The molecule has 0 N–H and O–H groups in total. The van der Waals surface area contributed by atoms with Gasteiger partial charge in [-0.15, -0.1) is 0 Å². The Morgan fingerprint density at radius 2 is 2.04 bits per heavy atom. The first-order valence-corrected chi connectivity index (χ1v) is 7.75. The predicted molar refractivity (Wildman–Crippen MR) is 95.8 cm³/mol. The van der Waals surface area contributed by atoms with E-state index in [4.69, 9.17) is 21.1 Å². The van der Waals surface area contributed by atoms with Crippen LogP contribution in [-0.2, 0) is 0 Å². The number of halogens is 1. The molecule has 0 atom stereocenters. The van der Waals surface area contributed by atoms with Gasteiger partial charge in [-0.1, -0.05) is 11.6 Å². The molecule has 0 spiro atoms. The number of nitriles is 1. The molecule has 7 heteroatoms. The van der Waals surface area contributed by atoms with E-state index in [9.17, 15) is 15.4 Å². The topological polar surface area (TPSA) is 85.4 Å². The zero-order valence-electron chi connectivity index (χ0n) is 13.7. The number of hydrogen-bond donors (Lipinski definition) is 0. The summed E-state index contributed by atoms with van der Waals surface area (Å²) < 4.78 is 10.7. The van der Waals surface area contributed by atoms with Gasteiger partial charge in [0.1, 0.15) is 0 Å². The zero-order chi connectivity index (χ0) is 18.4. The highest BCUT2D eigenvalue weighted by atomic mass is 35.5. The van der Waals surface area contributed by atoms with Gasteiger partial charge in [-0.25, -0.2) is 0 Å². The molecule has 128 valence electrons. The number of hydrogen-bond acceptors (Lipinski definition) is 5. The van der Waals surface area contributed by atoms with Gasteiger partial charge in [0.2, 0.25) is 0 Å². The molecule has 0 saturated heterocycles. The van der Waals surface area contributed by atoms with Crippen molar-refractivity contribution in [2.45, 2.75) is 6.92 Å². The first-order chi connectivity index (χ1) is 12.0. The van der Waals surface area contributed by atoms with Crippen molar-refractivity contribution in [1.82, 2.24) is 0 Å². The Hall–Kier alpha value is -3.04. The Kier molecular flexibility index (Phi) is 5.98. The van der Waals surface area contributed by atoms with Crippen LogP contribution >= 0.6 is 11.6 Å². The number of rotatable bonds is 6. The largest absolute Gasteiger partial charge is 0.491 e. The standard InChI is InChI=1S/C18H15ClN2O4/c1-3-25-17-10-12(9-16(19)18(17)24-2)8-14(11-20)13-4-6-15(7-5-13)21(22)23/h4-10H,3H2,1-2H3/b14-8+. The summed E-state index contributed by atoms with van der Waals surface area (Å²) >= 11 is 6.21. The summed E-state index contributed by atoms with van der Waals surface area (Å²) in [4.78, 5) is 10.2. The van der Waals surface area contributed by atoms with E-state index >= 15 is 0 Å². The molecular formula is C18H15ClN2O4. The van der Waals surface area contributed by atoms with Crippen molar-refractivity contribution in [2.75, 3.05) is 13.7 Å². The van der Waals surface area contributed by atoms with Crippen molar-refractivity contribution in [1.29, 1.82) is 5.26 Å². The Morgan fingerprint density at radius 3 is 2.56 bits per heavy atom. The third-order valence-electron chi connectivity index (χ3n) is 3.36. The van der Waals surface area contributed by atoms with Crippen molar-refractivity contribution in [3.8, 4) is 17.6 Å². The van der Waals surface area contributed by atoms with Crippen LogP contribution in [0.2, 0.25) is 5.02 Å². The van der Waals surface area contributed by atoms with Gasteiger partial charge < -0.3 is 9.47 Å². The van der Waals surface area contributed by atoms with Gasteiger partial charge in [0.05, 0.1) is 35.3 Å². The summed E-state index contributed by atoms with van der Waals surface area (Å²) in [5.41, 5.74) is 1.54. The Labute approximate surface area is 150 Å². The minimum absolute atomic E-state index is 0.0350. The summed E-state index contributed by atoms with van der Waals surface area (Å²) in [5, 5.41) is 20.5. The molecule has 0 bridgehead atoms. The lowest BCUT2D eigenvalue weighted by atomic mass is 10.0. The number of nitro benzene ring substituents is 1. The van der Waals surface area contributed by atoms with Crippen LogP contribution in [0.25, 0.3) is 11.6 Å². The number of benzene rings is 2. The number of nitrogens with zero attached hydrogens (tertiary/aromatic N) is 2. The molecule has 2 aromatic carbocycles. The number of non-ortho nitro benzene ring substituents is 1. The molecule has 0 aliphatic carbocycles. The molecule has 0 aliphatic heterocycles. The Balaban J connectivity index is 2.45. The van der Waals surface area contributed by atoms with Crippen molar-refractivity contribution >= 4 is 28.9 Å². The van der Waals surface area contributed by atoms with Crippen molar-refractivity contribution in [2.24, 2.45) is 0 Å². The van der Waals surface area contributed by atoms with Crippen molar-refractivity contribution < 1.29 is 14.4 Å². The van der Waals surface area contributed by atoms with Crippen LogP contribution in [0.3, 0.4) is 0 Å². The van der Waals surface area contributed by atoms with Crippen LogP contribution in [-0.4, -0.2) is 18.6 Å². The third-order valence-corrected chi connectivity index (χ3v) is 3.64. The smallest absolute Gasteiger partial charge is 0.269 e. The van der Waals surface area contributed by atoms with Crippen LogP contribution in [0.1, 0.15) is 18.1 Å². The van der Waals surface area contributed by atoms with Crippen molar-refractivity contribution in [3.63, 3.8) is 0 Å². The molecule has 2 aromatic rings. The zero-order valence-corrected chi connectivity index (χ0v) is 14.4. The SMILES string of the molecule is CCOc1cc(/C=C(\C#N)c2ccc([N+](=O)[O-])cc2)cc(Cl)c1OC. The lowest BCUT2D eigenvalue weighted by Crippen LogP contribution is -1.96. The van der Waals surface area contributed by atoms with E-state index in [-0.39, 0.29) is 5.69 Å². The molecule has 25 heavy (non-hydrogen) atoms. The fourth-order valence-electron chi connectivity index (χ4n) is 2.24. The maximum absolute atomic E-state index is 10.7. The predicted octanol–water partition coefficient (Wildman–Crippen LogP) is 4.72. The lowest BCUT2D eigenvalue weighted by molar-refractivity contribution is -0.384. The van der Waals surface area contributed by atoms with E-state index in [1.165, 1.54) is 31.4 Å². The van der Waals surface area contributed by atoms with Crippen LogP contribution in [0, 0.1) is 21.4 Å². The second kappa shape index (κ2) is 8.18. The highest BCUT2D eigenvalue weighted by Crippen LogP contribution is 2.37. The second-order valence-electron chi connectivity index (χ2n) is 4.94. The minimum atomic E-state index is -0.489. The molecule has 0 unspecified atom stereocenters. The molecule has 6 nitrogen and oxygen atoms in total. The van der Waals surface area contributed by atoms with Gasteiger partial charge in [-0.3, -0.25) is 10.1 Å². The highest BCUT2D eigenvalue weighted by Gasteiger charge is 2.12. The van der Waals surface area contributed by atoms with E-state index in [1.54, 1.807) is 18.2 Å². The van der Waals surface area contributed by atoms with Crippen LogP contribution in [0.15, 0.2) is 36.4 Å². The van der Waals surface area contributed by atoms with Crippen LogP contribution in [0.5, 0.6) is 11.5 Å². The van der Waals surface area contributed by atoms with E-state index in [0.717, 1.165) is 0 Å². The average Bonchev–Trinajstić information content (AvgIpc) is 2.60. The second-order valence-corrected chi connectivity index (χ2v) is 5.35. The molecule has 0 aromatic heterocycles. The number of methoxy groups -OCH3 is 1. The maximum atomic E-state index is 10.7. The molecule has 0 radical (unpaired) electrons. The molecule has 0 saturated carbocycles. The maximum Gasteiger partial charge on any atom is 0.269 e. The number of nitro groups is 1. The quantitative estimate of drug-likeness (QED) is 0.323.